The maximum Gasteiger partial charge on any atom is 0.265 e. The van der Waals surface area contributed by atoms with Crippen molar-refractivity contribution in [3.05, 3.63) is 75.3 Å². The van der Waals surface area contributed by atoms with Crippen LogP contribution < -0.4 is 11.1 Å². The number of carbonyl (C=O) groups excluding carboxylic acids is 2. The van der Waals surface area contributed by atoms with E-state index in [2.05, 4.69) is 10.4 Å². The van der Waals surface area contributed by atoms with Gasteiger partial charge in [0.15, 0.2) is 0 Å². The van der Waals surface area contributed by atoms with Gasteiger partial charge in [-0.25, -0.2) is 4.68 Å². The zero-order valence-electron chi connectivity index (χ0n) is 15.7. The molecule has 0 spiro atoms. The summed E-state index contributed by atoms with van der Waals surface area (Å²) in [6.07, 6.45) is 0. The highest BCUT2D eigenvalue weighted by Gasteiger charge is 2.18. The number of nitrogens with one attached hydrogen (secondary N) is 1. The second kappa shape index (κ2) is 7.35. The van der Waals surface area contributed by atoms with Gasteiger partial charge in [0.1, 0.15) is 4.83 Å². The molecule has 0 aliphatic carbocycles. The number of para-hydroxylation sites is 1. The number of carbonyl (C=O) groups is 2. The van der Waals surface area contributed by atoms with Crippen LogP contribution in [0.15, 0.2) is 48.5 Å². The normalized spacial score (nSPS) is 11.0. The summed E-state index contributed by atoms with van der Waals surface area (Å²) in [5.74, 6) is -0.730. The summed E-state index contributed by atoms with van der Waals surface area (Å²) >= 11 is 7.67. The molecular weight excluding hydrogens is 408 g/mol. The van der Waals surface area contributed by atoms with Crippen LogP contribution >= 0.6 is 22.9 Å². The van der Waals surface area contributed by atoms with Crippen molar-refractivity contribution in [1.82, 2.24) is 9.78 Å². The maximum atomic E-state index is 12.8. The van der Waals surface area contributed by atoms with Crippen LogP contribution in [0.5, 0.6) is 0 Å². The first-order valence-electron chi connectivity index (χ1n) is 8.81. The summed E-state index contributed by atoms with van der Waals surface area (Å²) in [4.78, 5) is 25.6. The van der Waals surface area contributed by atoms with E-state index in [0.29, 0.717) is 26.7 Å². The van der Waals surface area contributed by atoms with Gasteiger partial charge < -0.3 is 11.1 Å². The molecule has 2 amide bonds. The Morgan fingerprint density at radius 1 is 1.14 bits per heavy atom. The van der Waals surface area contributed by atoms with Crippen molar-refractivity contribution in [3.63, 3.8) is 0 Å². The Labute approximate surface area is 175 Å². The molecule has 0 bridgehead atoms. The highest BCUT2D eigenvalue weighted by Crippen LogP contribution is 2.32. The fraction of sp³-hybridized carbons (Fsp3) is 0.0952. The van der Waals surface area contributed by atoms with E-state index in [4.69, 9.17) is 17.3 Å². The zero-order chi connectivity index (χ0) is 20.7. The summed E-state index contributed by atoms with van der Waals surface area (Å²) in [6, 6.07) is 14.3. The van der Waals surface area contributed by atoms with Crippen molar-refractivity contribution in [2.24, 2.45) is 5.73 Å². The lowest BCUT2D eigenvalue weighted by Crippen LogP contribution is -2.14. The van der Waals surface area contributed by atoms with Crippen molar-refractivity contribution in [2.75, 3.05) is 5.32 Å². The number of hydrogen-bond acceptors (Lipinski definition) is 4. The summed E-state index contributed by atoms with van der Waals surface area (Å²) in [6.45, 7) is 3.67. The second-order valence-electron chi connectivity index (χ2n) is 6.63. The highest BCUT2D eigenvalue weighted by molar-refractivity contribution is 7.20. The van der Waals surface area contributed by atoms with Crippen LogP contribution in [0.1, 0.15) is 31.3 Å². The van der Waals surface area contributed by atoms with E-state index in [1.54, 1.807) is 35.9 Å². The van der Waals surface area contributed by atoms with Gasteiger partial charge >= 0.3 is 0 Å². The number of anilines is 1. The summed E-state index contributed by atoms with van der Waals surface area (Å²) < 4.78 is 1.76. The first kappa shape index (κ1) is 19.2. The van der Waals surface area contributed by atoms with Gasteiger partial charge in [-0.15, -0.1) is 11.3 Å². The Morgan fingerprint density at radius 3 is 2.59 bits per heavy atom. The topological polar surface area (TPSA) is 90.0 Å². The Morgan fingerprint density at radius 2 is 1.90 bits per heavy atom. The van der Waals surface area contributed by atoms with Crippen LogP contribution in [0, 0.1) is 13.8 Å². The molecule has 0 saturated carbocycles. The first-order valence-corrected chi connectivity index (χ1v) is 10.0. The molecule has 0 aliphatic heterocycles. The van der Waals surface area contributed by atoms with Crippen LogP contribution in [0.2, 0.25) is 5.02 Å². The van der Waals surface area contributed by atoms with E-state index in [-0.39, 0.29) is 5.91 Å². The molecule has 2 aromatic heterocycles. The molecule has 2 heterocycles. The molecule has 4 aromatic rings. The van der Waals surface area contributed by atoms with E-state index in [9.17, 15) is 9.59 Å². The number of primary amides is 1. The fourth-order valence-electron chi connectivity index (χ4n) is 3.16. The van der Waals surface area contributed by atoms with Gasteiger partial charge in [0, 0.05) is 16.6 Å². The number of aryl methyl sites for hydroxylation is 2. The molecule has 3 N–H and O–H groups in total. The quantitative estimate of drug-likeness (QED) is 0.497. The molecule has 6 nitrogen and oxygen atoms in total. The molecule has 0 radical (unpaired) electrons. The lowest BCUT2D eigenvalue weighted by Gasteiger charge is -2.07. The van der Waals surface area contributed by atoms with Crippen LogP contribution in [0.25, 0.3) is 15.9 Å². The predicted molar refractivity (Wildman–Crippen MR) is 116 cm³/mol. The third-order valence-electron chi connectivity index (χ3n) is 4.60. The number of nitrogens with zero attached hydrogens (tertiary/aromatic N) is 2. The monoisotopic (exact) mass is 424 g/mol. The van der Waals surface area contributed by atoms with Crippen molar-refractivity contribution in [2.45, 2.75) is 13.8 Å². The summed E-state index contributed by atoms with van der Waals surface area (Å²) in [5, 5.41) is 8.93. The zero-order valence-corrected chi connectivity index (χ0v) is 17.3. The molecule has 0 saturated heterocycles. The standard InChI is InChI=1S/C21H17ClN4O2S/c1-11-9-13(7-8-14(11)19(23)27)24-20(28)18-10-15-12(2)25-26(21(15)29-18)17-6-4-3-5-16(17)22/h3-10H,1-2H3,(H2,23,27)(H,24,28). The average Bonchev–Trinajstić information content (AvgIpc) is 3.23. The van der Waals surface area contributed by atoms with Gasteiger partial charge in [0.05, 0.1) is 21.3 Å². The Hall–Kier alpha value is -3.16. The molecule has 4 rings (SSSR count). The lowest BCUT2D eigenvalue weighted by atomic mass is 10.1. The van der Waals surface area contributed by atoms with Crippen LogP contribution in [-0.2, 0) is 0 Å². The number of nitrogens with two attached hydrogens (primary N) is 1. The minimum atomic E-state index is -0.496. The molecular formula is C21H17ClN4O2S. The number of fused-ring (bicyclic) bond motifs is 1. The number of benzene rings is 2. The van der Waals surface area contributed by atoms with E-state index < -0.39 is 5.91 Å². The molecule has 29 heavy (non-hydrogen) atoms. The second-order valence-corrected chi connectivity index (χ2v) is 8.06. The molecule has 0 aliphatic rings. The number of rotatable bonds is 4. The molecule has 8 heteroatoms. The number of halogens is 1. The number of aromatic nitrogens is 2. The third-order valence-corrected chi connectivity index (χ3v) is 6.03. The van der Waals surface area contributed by atoms with Crippen molar-refractivity contribution >= 4 is 50.7 Å². The van der Waals surface area contributed by atoms with E-state index in [1.165, 1.54) is 11.3 Å². The lowest BCUT2D eigenvalue weighted by molar-refractivity contribution is 0.0998. The predicted octanol–water partition coefficient (Wildman–Crippen LogP) is 4.71. The van der Waals surface area contributed by atoms with Gasteiger partial charge in [0.2, 0.25) is 5.91 Å². The average molecular weight is 425 g/mol. The number of hydrogen-bond donors (Lipinski definition) is 2. The minimum Gasteiger partial charge on any atom is -0.366 e. The third kappa shape index (κ3) is 3.50. The van der Waals surface area contributed by atoms with Crippen LogP contribution in [0.4, 0.5) is 5.69 Å². The summed E-state index contributed by atoms with van der Waals surface area (Å²) in [7, 11) is 0. The van der Waals surface area contributed by atoms with Crippen LogP contribution in [-0.4, -0.2) is 21.6 Å². The van der Waals surface area contributed by atoms with Crippen molar-refractivity contribution in [3.8, 4) is 5.69 Å². The SMILES string of the molecule is Cc1cc(NC(=O)c2cc3c(C)nn(-c4ccccc4Cl)c3s2)ccc1C(N)=O. The molecule has 146 valence electrons. The van der Waals surface area contributed by atoms with E-state index in [1.807, 2.05) is 31.2 Å². The minimum absolute atomic E-state index is 0.234. The molecule has 0 fully saturated rings. The Kier molecular flexibility index (Phi) is 4.86. The van der Waals surface area contributed by atoms with Gasteiger partial charge in [-0.3, -0.25) is 9.59 Å². The maximum absolute atomic E-state index is 12.8. The molecule has 0 atom stereocenters. The Balaban J connectivity index is 1.67. The molecule has 2 aromatic carbocycles. The molecule has 0 unspecified atom stereocenters. The van der Waals surface area contributed by atoms with E-state index >= 15 is 0 Å². The smallest absolute Gasteiger partial charge is 0.265 e. The fourth-order valence-corrected chi connectivity index (χ4v) is 4.44. The largest absolute Gasteiger partial charge is 0.366 e. The van der Waals surface area contributed by atoms with Gasteiger partial charge in [-0.1, -0.05) is 23.7 Å². The highest BCUT2D eigenvalue weighted by atomic mass is 35.5. The van der Waals surface area contributed by atoms with Gasteiger partial charge in [-0.05, 0) is 55.8 Å². The number of amides is 2. The van der Waals surface area contributed by atoms with Crippen molar-refractivity contribution < 1.29 is 9.59 Å². The summed E-state index contributed by atoms with van der Waals surface area (Å²) in [5.41, 5.74) is 8.65. The Bertz CT molecular complexity index is 1280. The van der Waals surface area contributed by atoms with Gasteiger partial charge in [-0.2, -0.15) is 5.10 Å². The number of thiophene rings is 1. The first-order chi connectivity index (χ1) is 13.8. The van der Waals surface area contributed by atoms with Gasteiger partial charge in [0.25, 0.3) is 5.91 Å². The van der Waals surface area contributed by atoms with Crippen LogP contribution in [0.3, 0.4) is 0 Å². The van der Waals surface area contributed by atoms with E-state index in [0.717, 1.165) is 21.6 Å². The van der Waals surface area contributed by atoms with Crippen molar-refractivity contribution in [1.29, 1.82) is 0 Å².